The third-order valence-electron chi connectivity index (χ3n) is 3.45. The fourth-order valence-corrected chi connectivity index (χ4v) is 2.23. The lowest BCUT2D eigenvalue weighted by molar-refractivity contribution is 0.103. The van der Waals surface area contributed by atoms with Crippen molar-refractivity contribution in [2.75, 3.05) is 14.2 Å². The van der Waals surface area contributed by atoms with Crippen LogP contribution in [0.4, 0.5) is 0 Å². The van der Waals surface area contributed by atoms with Crippen LogP contribution in [-0.2, 0) is 6.42 Å². The Morgan fingerprint density at radius 2 is 1.86 bits per heavy atom. The predicted molar refractivity (Wildman–Crippen MR) is 82.4 cm³/mol. The second-order valence-corrected chi connectivity index (χ2v) is 4.92. The van der Waals surface area contributed by atoms with Gasteiger partial charge in [-0.1, -0.05) is 13.3 Å². The van der Waals surface area contributed by atoms with Crippen LogP contribution >= 0.6 is 0 Å². The molecule has 0 fully saturated rings. The number of aromatic nitrogens is 1. The average molecular weight is 287 g/mol. The Morgan fingerprint density at radius 1 is 1.10 bits per heavy atom. The minimum atomic E-state index is -0.0186. The summed E-state index contributed by atoms with van der Waals surface area (Å²) in [7, 11) is 3.14. The van der Waals surface area contributed by atoms with Gasteiger partial charge in [0.05, 0.1) is 14.2 Å². The summed E-state index contributed by atoms with van der Waals surface area (Å²) in [6.45, 7) is 2.15. The molecular weight excluding hydrogens is 266 g/mol. The van der Waals surface area contributed by atoms with Gasteiger partial charge >= 0.3 is 0 Å². The maximum absolute atomic E-state index is 12.5. The molecule has 0 unspecified atom stereocenters. The van der Waals surface area contributed by atoms with Crippen LogP contribution < -0.4 is 9.47 Å². The smallest absolute Gasteiger partial charge is 0.194 e. The van der Waals surface area contributed by atoms with Crippen molar-refractivity contribution in [1.82, 2.24) is 4.98 Å². The quantitative estimate of drug-likeness (QED) is 0.791. The molecule has 2 aromatic rings. The number of nitrogens with one attached hydrogen (secondary N) is 1. The SMILES string of the molecule is CCCCc1cc(C(=O)c2ccc(OC)c(OC)c2)c[nH]1. The molecule has 112 valence electrons. The summed E-state index contributed by atoms with van der Waals surface area (Å²) < 4.78 is 10.4. The van der Waals surface area contributed by atoms with E-state index in [9.17, 15) is 4.79 Å². The molecule has 0 atom stereocenters. The van der Waals surface area contributed by atoms with Crippen LogP contribution in [0.3, 0.4) is 0 Å². The fourth-order valence-electron chi connectivity index (χ4n) is 2.23. The third-order valence-corrected chi connectivity index (χ3v) is 3.45. The summed E-state index contributed by atoms with van der Waals surface area (Å²) >= 11 is 0. The highest BCUT2D eigenvalue weighted by atomic mass is 16.5. The summed E-state index contributed by atoms with van der Waals surface area (Å²) in [5.41, 5.74) is 2.36. The number of hydrogen-bond donors (Lipinski definition) is 1. The molecule has 4 nitrogen and oxygen atoms in total. The van der Waals surface area contributed by atoms with Crippen molar-refractivity contribution in [3.63, 3.8) is 0 Å². The molecular formula is C17H21NO3. The highest BCUT2D eigenvalue weighted by Gasteiger charge is 2.14. The number of aryl methyl sites for hydroxylation is 1. The summed E-state index contributed by atoms with van der Waals surface area (Å²) in [5, 5.41) is 0. The molecule has 1 N–H and O–H groups in total. The van der Waals surface area contributed by atoms with Crippen molar-refractivity contribution < 1.29 is 14.3 Å². The van der Waals surface area contributed by atoms with Crippen LogP contribution in [-0.4, -0.2) is 25.0 Å². The zero-order chi connectivity index (χ0) is 15.2. The van der Waals surface area contributed by atoms with Gasteiger partial charge in [0.2, 0.25) is 0 Å². The van der Waals surface area contributed by atoms with Crippen LogP contribution in [0.15, 0.2) is 30.5 Å². The molecule has 1 aromatic heterocycles. The zero-order valence-corrected chi connectivity index (χ0v) is 12.7. The van der Waals surface area contributed by atoms with E-state index >= 15 is 0 Å². The Balaban J connectivity index is 2.21. The van der Waals surface area contributed by atoms with Crippen molar-refractivity contribution in [2.24, 2.45) is 0 Å². The highest BCUT2D eigenvalue weighted by Crippen LogP contribution is 2.28. The second-order valence-electron chi connectivity index (χ2n) is 4.92. The topological polar surface area (TPSA) is 51.3 Å². The number of carbonyl (C=O) groups is 1. The number of methoxy groups -OCH3 is 2. The maximum Gasteiger partial charge on any atom is 0.194 e. The van der Waals surface area contributed by atoms with Gasteiger partial charge in [-0.15, -0.1) is 0 Å². The van der Waals surface area contributed by atoms with Crippen molar-refractivity contribution in [1.29, 1.82) is 0 Å². The molecule has 2 rings (SSSR count). The van der Waals surface area contributed by atoms with Crippen molar-refractivity contribution in [2.45, 2.75) is 26.2 Å². The third kappa shape index (κ3) is 3.45. The van der Waals surface area contributed by atoms with E-state index in [-0.39, 0.29) is 5.78 Å². The van der Waals surface area contributed by atoms with Gasteiger partial charge in [-0.2, -0.15) is 0 Å². The molecule has 0 saturated heterocycles. The van der Waals surface area contributed by atoms with Gasteiger partial charge in [0.15, 0.2) is 17.3 Å². The minimum absolute atomic E-state index is 0.0186. The first-order valence-electron chi connectivity index (χ1n) is 7.13. The van der Waals surface area contributed by atoms with E-state index in [4.69, 9.17) is 9.47 Å². The van der Waals surface area contributed by atoms with Crippen molar-refractivity contribution >= 4 is 5.78 Å². The van der Waals surface area contributed by atoms with Gasteiger partial charge in [-0.05, 0) is 37.1 Å². The lowest BCUT2D eigenvalue weighted by Gasteiger charge is -2.08. The number of hydrogen-bond acceptors (Lipinski definition) is 3. The van der Waals surface area contributed by atoms with Crippen LogP contribution in [0.5, 0.6) is 11.5 Å². The lowest BCUT2D eigenvalue weighted by atomic mass is 10.0. The first-order valence-corrected chi connectivity index (χ1v) is 7.13. The predicted octanol–water partition coefficient (Wildman–Crippen LogP) is 3.61. The molecule has 0 saturated carbocycles. The lowest BCUT2D eigenvalue weighted by Crippen LogP contribution is -2.01. The number of benzene rings is 1. The van der Waals surface area contributed by atoms with Gasteiger partial charge in [0.25, 0.3) is 0 Å². The van der Waals surface area contributed by atoms with Crippen molar-refractivity contribution in [3.8, 4) is 11.5 Å². The zero-order valence-electron chi connectivity index (χ0n) is 12.7. The maximum atomic E-state index is 12.5. The molecule has 0 aliphatic heterocycles. The Bertz CT molecular complexity index is 616. The largest absolute Gasteiger partial charge is 0.493 e. The number of rotatable bonds is 7. The molecule has 0 aliphatic rings. The van der Waals surface area contributed by atoms with Crippen LogP contribution in [0.25, 0.3) is 0 Å². The Hall–Kier alpha value is -2.23. The Kier molecular flexibility index (Phi) is 5.04. The second kappa shape index (κ2) is 6.97. The number of aromatic amines is 1. The van der Waals surface area contributed by atoms with Gasteiger partial charge < -0.3 is 14.5 Å². The fraction of sp³-hybridized carbons (Fsp3) is 0.353. The summed E-state index contributed by atoms with van der Waals surface area (Å²) in [5.74, 6) is 1.16. The molecule has 0 radical (unpaired) electrons. The monoisotopic (exact) mass is 287 g/mol. The van der Waals surface area contributed by atoms with Gasteiger partial charge in [0.1, 0.15) is 0 Å². The van der Waals surface area contributed by atoms with E-state index in [1.54, 1.807) is 38.6 Å². The molecule has 1 aromatic carbocycles. The van der Waals surface area contributed by atoms with E-state index in [0.717, 1.165) is 25.0 Å². The van der Waals surface area contributed by atoms with Gasteiger partial charge in [-0.3, -0.25) is 4.79 Å². The van der Waals surface area contributed by atoms with E-state index in [2.05, 4.69) is 11.9 Å². The summed E-state index contributed by atoms with van der Waals surface area (Å²) in [6, 6.07) is 7.13. The summed E-state index contributed by atoms with van der Waals surface area (Å²) in [4.78, 5) is 15.7. The van der Waals surface area contributed by atoms with E-state index < -0.39 is 0 Å². The molecule has 4 heteroatoms. The van der Waals surface area contributed by atoms with E-state index in [1.807, 2.05) is 6.07 Å². The van der Waals surface area contributed by atoms with Crippen LogP contribution in [0, 0.1) is 0 Å². The average Bonchev–Trinajstić information content (AvgIpc) is 3.00. The van der Waals surface area contributed by atoms with E-state index in [1.165, 1.54) is 0 Å². The number of H-pyrrole nitrogens is 1. The highest BCUT2D eigenvalue weighted by molar-refractivity contribution is 6.09. The van der Waals surface area contributed by atoms with Crippen molar-refractivity contribution in [3.05, 3.63) is 47.3 Å². The molecule has 0 bridgehead atoms. The Morgan fingerprint density at radius 3 is 2.52 bits per heavy atom. The molecule has 0 amide bonds. The van der Waals surface area contributed by atoms with Crippen LogP contribution in [0.2, 0.25) is 0 Å². The molecule has 0 spiro atoms. The number of unbranched alkanes of at least 4 members (excludes halogenated alkanes) is 1. The van der Waals surface area contributed by atoms with Gasteiger partial charge in [-0.25, -0.2) is 0 Å². The van der Waals surface area contributed by atoms with Gasteiger partial charge in [0, 0.05) is 23.0 Å². The Labute approximate surface area is 125 Å². The first-order chi connectivity index (χ1) is 10.2. The van der Waals surface area contributed by atoms with Crippen LogP contribution in [0.1, 0.15) is 41.4 Å². The van der Waals surface area contributed by atoms with E-state index in [0.29, 0.717) is 22.6 Å². The number of ketones is 1. The normalized spacial score (nSPS) is 10.4. The number of carbonyl (C=O) groups excluding carboxylic acids is 1. The molecule has 21 heavy (non-hydrogen) atoms. The molecule has 1 heterocycles. The molecule has 0 aliphatic carbocycles. The standard InChI is InChI=1S/C17H21NO3/c1-4-5-6-14-9-13(11-18-14)17(19)12-7-8-15(20-2)16(10-12)21-3/h7-11,18H,4-6H2,1-3H3. The number of ether oxygens (including phenoxy) is 2. The minimum Gasteiger partial charge on any atom is -0.493 e. The first kappa shape index (κ1) is 15.2. The summed E-state index contributed by atoms with van der Waals surface area (Å²) in [6.07, 6.45) is 4.99.